The van der Waals surface area contributed by atoms with E-state index in [0.29, 0.717) is 12.0 Å². The number of ether oxygens (including phenoxy) is 2. The second-order valence-corrected chi connectivity index (χ2v) is 8.20. The van der Waals surface area contributed by atoms with Crippen LogP contribution in [0.4, 0.5) is 13.2 Å². The molecule has 0 spiro atoms. The molecule has 29 heavy (non-hydrogen) atoms. The minimum atomic E-state index is -4.45. The first-order valence-electron chi connectivity index (χ1n) is 10.7. The lowest BCUT2D eigenvalue weighted by atomic mass is 9.89. The van der Waals surface area contributed by atoms with Crippen molar-refractivity contribution in [3.63, 3.8) is 0 Å². The molecule has 0 amide bonds. The highest BCUT2D eigenvalue weighted by Crippen LogP contribution is 2.39. The fraction of sp³-hybridized carbons (Fsp3) is 0.739. The maximum atomic E-state index is 13.2. The molecule has 0 saturated heterocycles. The van der Waals surface area contributed by atoms with E-state index in [-0.39, 0.29) is 12.2 Å². The molecule has 0 fully saturated rings. The quantitative estimate of drug-likeness (QED) is 0.276. The first-order valence-corrected chi connectivity index (χ1v) is 10.7. The lowest BCUT2D eigenvalue weighted by Gasteiger charge is -2.38. The highest BCUT2D eigenvalue weighted by atomic mass is 19.4. The fourth-order valence-corrected chi connectivity index (χ4v) is 3.49. The SMILES string of the molecule is CCCCCCCCC(c1cccc(C(F)(F)F)c1)C(O)(OC(C)C)OC(C)C. The molecule has 1 rings (SSSR count). The Hall–Kier alpha value is -1.11. The summed E-state index contributed by atoms with van der Waals surface area (Å²) in [4.78, 5) is 0. The molecule has 0 aliphatic heterocycles. The third-order valence-electron chi connectivity index (χ3n) is 4.71. The average Bonchev–Trinajstić information content (AvgIpc) is 2.58. The molecule has 1 N–H and O–H groups in total. The van der Waals surface area contributed by atoms with Crippen molar-refractivity contribution >= 4 is 0 Å². The van der Waals surface area contributed by atoms with E-state index in [9.17, 15) is 18.3 Å². The van der Waals surface area contributed by atoms with Crippen molar-refractivity contribution < 1.29 is 27.8 Å². The Labute approximate surface area is 173 Å². The summed E-state index contributed by atoms with van der Waals surface area (Å²) in [7, 11) is 0. The van der Waals surface area contributed by atoms with Crippen molar-refractivity contribution in [2.75, 3.05) is 0 Å². The number of hydrogen-bond donors (Lipinski definition) is 1. The largest absolute Gasteiger partial charge is 0.416 e. The number of unbranched alkanes of at least 4 members (excludes halogenated alkanes) is 5. The summed E-state index contributed by atoms with van der Waals surface area (Å²) in [5.74, 6) is -2.71. The first kappa shape index (κ1) is 25.9. The van der Waals surface area contributed by atoms with E-state index in [1.165, 1.54) is 12.5 Å². The maximum absolute atomic E-state index is 13.2. The van der Waals surface area contributed by atoms with Crippen LogP contribution in [0.25, 0.3) is 0 Å². The van der Waals surface area contributed by atoms with Gasteiger partial charge in [-0.3, -0.25) is 0 Å². The van der Waals surface area contributed by atoms with E-state index in [1.54, 1.807) is 33.8 Å². The average molecular weight is 419 g/mol. The summed E-state index contributed by atoms with van der Waals surface area (Å²) in [6, 6.07) is 5.12. The van der Waals surface area contributed by atoms with Crippen LogP contribution in [0.15, 0.2) is 24.3 Å². The second-order valence-electron chi connectivity index (χ2n) is 8.20. The van der Waals surface area contributed by atoms with Crippen LogP contribution < -0.4 is 0 Å². The van der Waals surface area contributed by atoms with E-state index in [1.807, 2.05) is 0 Å². The van der Waals surface area contributed by atoms with E-state index in [2.05, 4.69) is 6.92 Å². The molecular weight excluding hydrogens is 381 g/mol. The molecule has 1 unspecified atom stereocenters. The Morgan fingerprint density at radius 3 is 1.97 bits per heavy atom. The van der Waals surface area contributed by atoms with Gasteiger partial charge in [0, 0.05) is 0 Å². The van der Waals surface area contributed by atoms with Gasteiger partial charge >= 0.3 is 6.18 Å². The van der Waals surface area contributed by atoms with Crippen LogP contribution in [0.3, 0.4) is 0 Å². The Morgan fingerprint density at radius 2 is 1.45 bits per heavy atom. The van der Waals surface area contributed by atoms with Gasteiger partial charge in [-0.25, -0.2) is 0 Å². The smallest absolute Gasteiger partial charge is 0.343 e. The molecule has 168 valence electrons. The van der Waals surface area contributed by atoms with Crippen LogP contribution >= 0.6 is 0 Å². The zero-order chi connectivity index (χ0) is 22.1. The molecule has 3 nitrogen and oxygen atoms in total. The van der Waals surface area contributed by atoms with Gasteiger partial charge in [-0.15, -0.1) is 0 Å². The third-order valence-corrected chi connectivity index (χ3v) is 4.71. The molecular formula is C23H37F3O3. The van der Waals surface area contributed by atoms with Gasteiger partial charge in [-0.1, -0.05) is 63.6 Å². The Bertz CT molecular complexity index is 575. The molecule has 0 radical (unpaired) electrons. The molecule has 0 aliphatic carbocycles. The van der Waals surface area contributed by atoms with Crippen molar-refractivity contribution in [1.29, 1.82) is 0 Å². The molecule has 0 aliphatic rings. The van der Waals surface area contributed by atoms with Gasteiger partial charge < -0.3 is 14.6 Å². The van der Waals surface area contributed by atoms with Crippen LogP contribution in [-0.4, -0.2) is 23.3 Å². The molecule has 1 atom stereocenters. The van der Waals surface area contributed by atoms with Gasteiger partial charge in [0.2, 0.25) is 0 Å². The van der Waals surface area contributed by atoms with Gasteiger partial charge in [0.15, 0.2) is 0 Å². The van der Waals surface area contributed by atoms with Crippen LogP contribution in [0, 0.1) is 0 Å². The van der Waals surface area contributed by atoms with Crippen molar-refractivity contribution in [2.24, 2.45) is 0 Å². The molecule has 0 saturated carbocycles. The number of halogens is 3. The molecule has 0 heterocycles. The molecule has 1 aromatic carbocycles. The topological polar surface area (TPSA) is 38.7 Å². The Balaban J connectivity index is 3.15. The highest BCUT2D eigenvalue weighted by molar-refractivity contribution is 5.29. The molecule has 1 aromatic rings. The number of aliphatic hydroxyl groups is 1. The minimum Gasteiger partial charge on any atom is -0.343 e. The van der Waals surface area contributed by atoms with E-state index < -0.39 is 23.6 Å². The Morgan fingerprint density at radius 1 is 0.897 bits per heavy atom. The van der Waals surface area contributed by atoms with Gasteiger partial charge in [0.1, 0.15) is 0 Å². The van der Waals surface area contributed by atoms with Crippen molar-refractivity contribution in [3.8, 4) is 0 Å². The van der Waals surface area contributed by atoms with Crippen molar-refractivity contribution in [2.45, 2.75) is 110 Å². The monoisotopic (exact) mass is 418 g/mol. The number of rotatable bonds is 13. The second kappa shape index (κ2) is 11.9. The summed E-state index contributed by atoms with van der Waals surface area (Å²) in [6.45, 7) is 9.21. The fourth-order valence-electron chi connectivity index (χ4n) is 3.49. The summed E-state index contributed by atoms with van der Waals surface area (Å²) >= 11 is 0. The Kier molecular flexibility index (Phi) is 10.7. The summed E-state index contributed by atoms with van der Waals surface area (Å²) in [6.07, 6.45) is 1.58. The predicted octanol–water partition coefficient (Wildman–Crippen LogP) is 7.04. The number of benzene rings is 1. The van der Waals surface area contributed by atoms with Gasteiger partial charge in [-0.2, -0.15) is 13.2 Å². The molecule has 6 heteroatoms. The molecule has 0 bridgehead atoms. The third kappa shape index (κ3) is 9.06. The van der Waals surface area contributed by atoms with Crippen molar-refractivity contribution in [1.82, 2.24) is 0 Å². The van der Waals surface area contributed by atoms with Gasteiger partial charge in [0.25, 0.3) is 5.97 Å². The minimum absolute atomic E-state index is 0.350. The van der Waals surface area contributed by atoms with E-state index in [4.69, 9.17) is 9.47 Å². The zero-order valence-electron chi connectivity index (χ0n) is 18.4. The normalized spacial score (nSPS) is 14.0. The molecule has 0 aromatic heterocycles. The number of alkyl halides is 3. The van der Waals surface area contributed by atoms with Crippen LogP contribution in [0.1, 0.15) is 96.6 Å². The van der Waals surface area contributed by atoms with Crippen LogP contribution in [-0.2, 0) is 15.7 Å². The van der Waals surface area contributed by atoms with Crippen LogP contribution in [0.5, 0.6) is 0 Å². The maximum Gasteiger partial charge on any atom is 0.416 e. The van der Waals surface area contributed by atoms with Crippen molar-refractivity contribution in [3.05, 3.63) is 35.4 Å². The standard InChI is InChI=1S/C23H37F3O3/c1-6-7-8-9-10-11-15-21(23(27,28-17(2)3)29-18(4)5)19-13-12-14-20(16-19)22(24,25)26/h12-14,16-18,21,27H,6-11,15H2,1-5H3. The predicted molar refractivity (Wildman–Crippen MR) is 110 cm³/mol. The van der Waals surface area contributed by atoms with Gasteiger partial charge in [0.05, 0.1) is 23.7 Å². The lowest BCUT2D eigenvalue weighted by molar-refractivity contribution is -0.393. The lowest BCUT2D eigenvalue weighted by Crippen LogP contribution is -2.46. The number of hydrogen-bond acceptors (Lipinski definition) is 3. The van der Waals surface area contributed by atoms with Gasteiger partial charge in [-0.05, 0) is 45.7 Å². The first-order chi connectivity index (χ1) is 13.5. The van der Waals surface area contributed by atoms with E-state index in [0.717, 1.165) is 44.2 Å². The zero-order valence-corrected chi connectivity index (χ0v) is 18.4. The van der Waals surface area contributed by atoms with Crippen LogP contribution in [0.2, 0.25) is 0 Å². The summed E-state index contributed by atoms with van der Waals surface area (Å²) in [5, 5.41) is 11.3. The highest BCUT2D eigenvalue weighted by Gasteiger charge is 2.43. The van der Waals surface area contributed by atoms with E-state index >= 15 is 0 Å². The summed E-state index contributed by atoms with van der Waals surface area (Å²) in [5.41, 5.74) is -0.364. The summed E-state index contributed by atoms with van der Waals surface area (Å²) < 4.78 is 51.2.